The molecule has 0 atom stereocenters. The normalized spacial score (nSPS) is 15.2. The van der Waals surface area contributed by atoms with Crippen LogP contribution in [0.5, 0.6) is 0 Å². The molecule has 0 unspecified atom stereocenters. The van der Waals surface area contributed by atoms with Crippen LogP contribution in [0.15, 0.2) is 48.8 Å². The lowest BCUT2D eigenvalue weighted by atomic mass is 10.1. The Bertz CT molecular complexity index is 696. The van der Waals surface area contributed by atoms with Gasteiger partial charge in [0.2, 0.25) is 0 Å². The van der Waals surface area contributed by atoms with Gasteiger partial charge in [-0.2, -0.15) is 0 Å². The first-order chi connectivity index (χ1) is 12.2. The molecule has 0 saturated carbocycles. The number of hydrogen-bond donors (Lipinski definition) is 0. The molecule has 1 aliphatic heterocycles. The molecule has 1 saturated heterocycles. The van der Waals surface area contributed by atoms with Crippen LogP contribution in [0.2, 0.25) is 0 Å². The first-order valence-corrected chi connectivity index (χ1v) is 8.89. The number of carbonyl (C=O) groups is 1. The lowest BCUT2D eigenvalue weighted by Crippen LogP contribution is -2.47. The van der Waals surface area contributed by atoms with Gasteiger partial charge in [0.1, 0.15) is 0 Å². The average Bonchev–Trinajstić information content (AvgIpc) is 2.67. The highest BCUT2D eigenvalue weighted by atomic mass is 16.2. The highest BCUT2D eigenvalue weighted by molar-refractivity contribution is 5.94. The monoisotopic (exact) mass is 338 g/mol. The van der Waals surface area contributed by atoms with Crippen molar-refractivity contribution in [3.05, 3.63) is 59.9 Å². The van der Waals surface area contributed by atoms with E-state index in [1.165, 1.54) is 5.56 Å². The van der Waals surface area contributed by atoms with Crippen molar-refractivity contribution in [2.45, 2.75) is 13.5 Å². The lowest BCUT2D eigenvalue weighted by Gasteiger charge is -2.32. The molecule has 0 N–H and O–H groups in total. The molecular weight excluding hydrogens is 312 g/mol. The third-order valence-electron chi connectivity index (χ3n) is 4.72. The van der Waals surface area contributed by atoms with Crippen LogP contribution in [0.4, 0.5) is 5.69 Å². The SMILES string of the molecule is CCN(Cc1ccccc1)c1cncc(C(=O)N2CCN(C)CC2)c1. The van der Waals surface area contributed by atoms with Crippen LogP contribution in [-0.2, 0) is 6.54 Å². The van der Waals surface area contributed by atoms with Gasteiger partial charge in [0.15, 0.2) is 0 Å². The quantitative estimate of drug-likeness (QED) is 0.840. The standard InChI is InChI=1S/C20H26N4O/c1-3-23(16-17-7-5-4-6-8-17)19-13-18(14-21-15-19)20(25)24-11-9-22(2)10-12-24/h4-8,13-15H,3,9-12,16H2,1-2H3. The molecule has 2 heterocycles. The fourth-order valence-corrected chi connectivity index (χ4v) is 3.10. The number of piperazine rings is 1. The van der Waals surface area contributed by atoms with Gasteiger partial charge in [-0.25, -0.2) is 0 Å². The maximum atomic E-state index is 12.8. The molecular formula is C20H26N4O. The van der Waals surface area contributed by atoms with Crippen LogP contribution in [0, 0.1) is 0 Å². The van der Waals surface area contributed by atoms with Gasteiger partial charge in [-0.05, 0) is 25.6 Å². The maximum absolute atomic E-state index is 12.8. The van der Waals surface area contributed by atoms with Crippen molar-refractivity contribution >= 4 is 11.6 Å². The summed E-state index contributed by atoms with van der Waals surface area (Å²) in [7, 11) is 2.09. The molecule has 2 aromatic rings. The van der Waals surface area contributed by atoms with Crippen molar-refractivity contribution in [3.8, 4) is 0 Å². The fourth-order valence-electron chi connectivity index (χ4n) is 3.10. The Hall–Kier alpha value is -2.40. The second-order valence-corrected chi connectivity index (χ2v) is 6.53. The highest BCUT2D eigenvalue weighted by Gasteiger charge is 2.21. The number of likely N-dealkylation sites (N-methyl/N-ethyl adjacent to an activating group) is 1. The van der Waals surface area contributed by atoms with Crippen LogP contribution < -0.4 is 4.90 Å². The molecule has 0 aliphatic carbocycles. The van der Waals surface area contributed by atoms with Crippen molar-refractivity contribution < 1.29 is 4.79 Å². The number of anilines is 1. The van der Waals surface area contributed by atoms with E-state index in [1.807, 2.05) is 23.2 Å². The number of pyridine rings is 1. The highest BCUT2D eigenvalue weighted by Crippen LogP contribution is 2.19. The predicted molar refractivity (Wildman–Crippen MR) is 101 cm³/mol. The van der Waals surface area contributed by atoms with Gasteiger partial charge in [-0.3, -0.25) is 9.78 Å². The Morgan fingerprint density at radius 3 is 2.52 bits per heavy atom. The second-order valence-electron chi connectivity index (χ2n) is 6.53. The van der Waals surface area contributed by atoms with E-state index in [0.29, 0.717) is 5.56 Å². The molecule has 1 aromatic carbocycles. The molecule has 5 nitrogen and oxygen atoms in total. The minimum atomic E-state index is 0.0817. The van der Waals surface area contributed by atoms with Gasteiger partial charge in [-0.1, -0.05) is 30.3 Å². The van der Waals surface area contributed by atoms with E-state index in [0.717, 1.165) is 45.0 Å². The summed E-state index contributed by atoms with van der Waals surface area (Å²) in [5, 5.41) is 0. The van der Waals surface area contributed by atoms with E-state index in [4.69, 9.17) is 0 Å². The molecule has 1 amide bonds. The summed E-state index contributed by atoms with van der Waals surface area (Å²) in [6.07, 6.45) is 3.52. The molecule has 132 valence electrons. The van der Waals surface area contributed by atoms with Crippen molar-refractivity contribution in [1.29, 1.82) is 0 Å². The Morgan fingerprint density at radius 1 is 1.12 bits per heavy atom. The van der Waals surface area contributed by atoms with E-state index in [-0.39, 0.29) is 5.91 Å². The Balaban J connectivity index is 1.74. The zero-order valence-electron chi connectivity index (χ0n) is 15.1. The van der Waals surface area contributed by atoms with E-state index in [9.17, 15) is 4.79 Å². The average molecular weight is 338 g/mol. The van der Waals surface area contributed by atoms with Gasteiger partial charge < -0.3 is 14.7 Å². The molecule has 25 heavy (non-hydrogen) atoms. The molecule has 0 radical (unpaired) electrons. The minimum absolute atomic E-state index is 0.0817. The summed E-state index contributed by atoms with van der Waals surface area (Å²) in [5.41, 5.74) is 2.92. The smallest absolute Gasteiger partial charge is 0.255 e. The van der Waals surface area contributed by atoms with E-state index < -0.39 is 0 Å². The predicted octanol–water partition coefficient (Wildman–Crippen LogP) is 2.50. The zero-order valence-corrected chi connectivity index (χ0v) is 15.1. The summed E-state index contributed by atoms with van der Waals surface area (Å²) >= 11 is 0. The van der Waals surface area contributed by atoms with Crippen molar-refractivity contribution in [2.75, 3.05) is 44.7 Å². The van der Waals surface area contributed by atoms with Crippen LogP contribution >= 0.6 is 0 Å². The molecule has 1 aromatic heterocycles. The van der Waals surface area contributed by atoms with Crippen molar-refractivity contribution in [3.63, 3.8) is 0 Å². The number of rotatable bonds is 5. The summed E-state index contributed by atoms with van der Waals surface area (Å²) in [6, 6.07) is 12.3. The largest absolute Gasteiger partial charge is 0.366 e. The molecule has 1 aliphatic rings. The summed E-state index contributed by atoms with van der Waals surface area (Å²) in [5.74, 6) is 0.0817. The first kappa shape index (κ1) is 17.4. The first-order valence-electron chi connectivity index (χ1n) is 8.89. The van der Waals surface area contributed by atoms with Gasteiger partial charge in [-0.15, -0.1) is 0 Å². The van der Waals surface area contributed by atoms with Crippen molar-refractivity contribution in [1.82, 2.24) is 14.8 Å². The topological polar surface area (TPSA) is 39.7 Å². The van der Waals surface area contributed by atoms with Gasteiger partial charge >= 0.3 is 0 Å². The Labute approximate surface area is 149 Å². The summed E-state index contributed by atoms with van der Waals surface area (Å²) in [4.78, 5) is 23.5. The van der Waals surface area contributed by atoms with Gasteiger partial charge in [0.05, 0.1) is 17.4 Å². The second kappa shape index (κ2) is 8.12. The molecule has 5 heteroatoms. The van der Waals surface area contributed by atoms with Crippen LogP contribution in [-0.4, -0.2) is 60.5 Å². The number of aromatic nitrogens is 1. The Kier molecular flexibility index (Phi) is 5.66. The van der Waals surface area contributed by atoms with Crippen LogP contribution in [0.1, 0.15) is 22.8 Å². The summed E-state index contributed by atoms with van der Waals surface area (Å²) in [6.45, 7) is 7.20. The van der Waals surface area contributed by atoms with Crippen LogP contribution in [0.3, 0.4) is 0 Å². The van der Waals surface area contributed by atoms with E-state index in [1.54, 1.807) is 6.20 Å². The number of hydrogen-bond acceptors (Lipinski definition) is 4. The zero-order chi connectivity index (χ0) is 17.6. The van der Waals surface area contributed by atoms with Crippen LogP contribution in [0.25, 0.3) is 0 Å². The molecule has 1 fully saturated rings. The molecule has 0 bridgehead atoms. The fraction of sp³-hybridized carbons (Fsp3) is 0.400. The minimum Gasteiger partial charge on any atom is -0.366 e. The third kappa shape index (κ3) is 4.37. The van der Waals surface area contributed by atoms with Gasteiger partial charge in [0.25, 0.3) is 5.91 Å². The number of nitrogens with zero attached hydrogens (tertiary/aromatic N) is 4. The lowest BCUT2D eigenvalue weighted by molar-refractivity contribution is 0.0663. The summed E-state index contributed by atoms with van der Waals surface area (Å²) < 4.78 is 0. The number of amides is 1. The molecule has 0 spiro atoms. The Morgan fingerprint density at radius 2 is 1.84 bits per heavy atom. The van der Waals surface area contributed by atoms with Crippen molar-refractivity contribution in [2.24, 2.45) is 0 Å². The van der Waals surface area contributed by atoms with E-state index in [2.05, 4.69) is 53.0 Å². The maximum Gasteiger partial charge on any atom is 0.255 e. The number of benzene rings is 1. The molecule has 3 rings (SSSR count). The van der Waals surface area contributed by atoms with E-state index >= 15 is 0 Å². The number of carbonyl (C=O) groups excluding carboxylic acids is 1. The third-order valence-corrected chi connectivity index (χ3v) is 4.72. The van der Waals surface area contributed by atoms with Gasteiger partial charge in [0, 0.05) is 45.5 Å².